The Hall–Kier alpha value is -1.78. The third-order valence-corrected chi connectivity index (χ3v) is 1.39. The maximum absolute atomic E-state index is 5.07. The van der Waals surface area contributed by atoms with E-state index in [4.69, 9.17) is 18.1 Å². The smallest absolute Gasteiger partial charge is 0.501 e. The van der Waals surface area contributed by atoms with E-state index in [1.165, 1.54) is 12.5 Å². The minimum Gasteiger partial charge on any atom is -0.501 e. The van der Waals surface area contributed by atoms with Gasteiger partial charge in [-0.15, -0.1) is 0 Å². The largest absolute Gasteiger partial charge is 0.580 e. The van der Waals surface area contributed by atoms with Crippen molar-refractivity contribution >= 4 is 7.69 Å². The van der Waals surface area contributed by atoms with Gasteiger partial charge in [0.1, 0.15) is 0 Å². The van der Waals surface area contributed by atoms with Crippen molar-refractivity contribution in [1.82, 2.24) is 0 Å². The molecule has 0 fully saturated rings. The lowest BCUT2D eigenvalue weighted by Crippen LogP contribution is -2.09. The van der Waals surface area contributed by atoms with Crippen LogP contribution in [-0.4, -0.2) is 7.69 Å². The van der Waals surface area contributed by atoms with Crippen LogP contribution in [0.1, 0.15) is 0 Å². The quantitative estimate of drug-likeness (QED) is 0.666. The lowest BCUT2D eigenvalue weighted by Gasteiger charge is -2.00. The predicted molar refractivity (Wildman–Crippen MR) is 45.8 cm³/mol. The lowest BCUT2D eigenvalue weighted by atomic mass is 10.4. The highest BCUT2D eigenvalue weighted by Crippen LogP contribution is 2.11. The van der Waals surface area contributed by atoms with E-state index < -0.39 is 0 Å². The van der Waals surface area contributed by atoms with E-state index >= 15 is 0 Å². The van der Waals surface area contributed by atoms with Crippen molar-refractivity contribution in [2.75, 3.05) is 0 Å². The van der Waals surface area contributed by atoms with E-state index in [0.29, 0.717) is 11.9 Å². The van der Waals surface area contributed by atoms with E-state index in [1.807, 2.05) is 0 Å². The van der Waals surface area contributed by atoms with Gasteiger partial charge in [0, 0.05) is 12.1 Å². The molecule has 4 nitrogen and oxygen atoms in total. The number of rotatable bonds is 4. The zero-order valence-corrected chi connectivity index (χ0v) is 6.80. The molecule has 13 heavy (non-hydrogen) atoms. The SMILES string of the molecule is B(Oc1ccco1)Oc1ccco1. The number of hydrogen-bond donors (Lipinski definition) is 0. The molecule has 0 saturated heterocycles. The summed E-state index contributed by atoms with van der Waals surface area (Å²) in [7, 11) is 0.0705. The van der Waals surface area contributed by atoms with Crippen molar-refractivity contribution in [3.8, 4) is 11.9 Å². The molecule has 0 radical (unpaired) electrons. The highest BCUT2D eigenvalue weighted by molar-refractivity contribution is 6.20. The molecule has 0 saturated carbocycles. The molecule has 0 aliphatic rings. The zero-order valence-electron chi connectivity index (χ0n) is 6.80. The maximum Gasteiger partial charge on any atom is 0.580 e. The zero-order chi connectivity index (χ0) is 8.93. The third kappa shape index (κ3) is 2.08. The molecule has 0 atom stereocenters. The van der Waals surface area contributed by atoms with Gasteiger partial charge in [-0.3, -0.25) is 0 Å². The summed E-state index contributed by atoms with van der Waals surface area (Å²) in [5.41, 5.74) is 0. The molecule has 2 rings (SSSR count). The lowest BCUT2D eigenvalue weighted by molar-refractivity contribution is 0.328. The summed E-state index contributed by atoms with van der Waals surface area (Å²) in [6.07, 6.45) is 3.06. The van der Waals surface area contributed by atoms with Crippen LogP contribution in [0.4, 0.5) is 0 Å². The summed E-state index contributed by atoms with van der Waals surface area (Å²) in [4.78, 5) is 0. The van der Waals surface area contributed by atoms with Gasteiger partial charge >= 0.3 is 7.69 Å². The van der Waals surface area contributed by atoms with Crippen LogP contribution in [0, 0.1) is 0 Å². The van der Waals surface area contributed by atoms with Crippen molar-refractivity contribution in [2.45, 2.75) is 0 Å². The van der Waals surface area contributed by atoms with Crippen molar-refractivity contribution in [1.29, 1.82) is 0 Å². The summed E-state index contributed by atoms with van der Waals surface area (Å²) >= 11 is 0. The van der Waals surface area contributed by atoms with E-state index in [-0.39, 0.29) is 7.69 Å². The first-order valence-electron chi connectivity index (χ1n) is 3.78. The second kappa shape index (κ2) is 3.75. The fourth-order valence-corrected chi connectivity index (χ4v) is 0.837. The Bertz CT molecular complexity index is 293. The van der Waals surface area contributed by atoms with Gasteiger partial charge in [-0.05, 0) is 12.1 Å². The molecule has 0 aliphatic carbocycles. The van der Waals surface area contributed by atoms with Gasteiger partial charge in [0.05, 0.1) is 12.5 Å². The second-order valence-corrected chi connectivity index (χ2v) is 2.27. The molecular weight excluding hydrogens is 171 g/mol. The topological polar surface area (TPSA) is 44.7 Å². The van der Waals surface area contributed by atoms with Crippen LogP contribution in [0.2, 0.25) is 0 Å². The van der Waals surface area contributed by atoms with E-state index in [0.717, 1.165) is 0 Å². The molecule has 5 heteroatoms. The molecule has 2 aromatic heterocycles. The van der Waals surface area contributed by atoms with Crippen molar-refractivity contribution in [3.63, 3.8) is 0 Å². The molecule has 0 amide bonds. The van der Waals surface area contributed by atoms with Gasteiger partial charge in [-0.1, -0.05) is 0 Å². The fourth-order valence-electron chi connectivity index (χ4n) is 0.837. The Kier molecular flexibility index (Phi) is 2.27. The molecule has 66 valence electrons. The Balaban J connectivity index is 1.76. The van der Waals surface area contributed by atoms with Crippen molar-refractivity contribution in [3.05, 3.63) is 36.8 Å². The summed E-state index contributed by atoms with van der Waals surface area (Å²) < 4.78 is 20.0. The van der Waals surface area contributed by atoms with Crippen LogP contribution >= 0.6 is 0 Å². The summed E-state index contributed by atoms with van der Waals surface area (Å²) in [5.74, 6) is 0.845. The van der Waals surface area contributed by atoms with Crippen molar-refractivity contribution < 1.29 is 18.1 Å². The van der Waals surface area contributed by atoms with Crippen LogP contribution in [0.15, 0.2) is 45.6 Å². The normalized spacial score (nSPS) is 9.54. The van der Waals surface area contributed by atoms with Crippen LogP contribution < -0.4 is 9.31 Å². The number of furan rings is 2. The Labute approximate surface area is 75.4 Å². The molecule has 2 aromatic rings. The predicted octanol–water partition coefficient (Wildman–Crippen LogP) is 1.60. The van der Waals surface area contributed by atoms with Crippen LogP contribution in [0.5, 0.6) is 11.9 Å². The van der Waals surface area contributed by atoms with E-state index in [1.54, 1.807) is 24.3 Å². The van der Waals surface area contributed by atoms with E-state index in [2.05, 4.69) is 0 Å². The summed E-state index contributed by atoms with van der Waals surface area (Å²) in [6, 6.07) is 6.88. The van der Waals surface area contributed by atoms with Crippen molar-refractivity contribution in [2.24, 2.45) is 0 Å². The van der Waals surface area contributed by atoms with Gasteiger partial charge in [0.25, 0.3) is 11.9 Å². The van der Waals surface area contributed by atoms with Crippen LogP contribution in [-0.2, 0) is 0 Å². The van der Waals surface area contributed by atoms with Gasteiger partial charge in [-0.2, -0.15) is 0 Å². The molecular formula is C8H7BO4. The Morgan fingerprint density at radius 1 is 0.923 bits per heavy atom. The highest BCUT2D eigenvalue weighted by atomic mass is 16.7. The van der Waals surface area contributed by atoms with Gasteiger partial charge < -0.3 is 18.1 Å². The minimum absolute atomic E-state index is 0.0705. The fraction of sp³-hybridized carbons (Fsp3) is 0. The molecule has 0 spiro atoms. The molecule has 0 bridgehead atoms. The first-order chi connectivity index (χ1) is 6.45. The Morgan fingerprint density at radius 3 is 1.85 bits per heavy atom. The molecule has 0 N–H and O–H groups in total. The first-order valence-corrected chi connectivity index (χ1v) is 3.78. The monoisotopic (exact) mass is 178 g/mol. The standard InChI is InChI=1S/C8H7BO4/c1-3-7(10-5-1)12-9-13-8-4-2-6-11-8/h1-6,9H. The van der Waals surface area contributed by atoms with Crippen LogP contribution in [0.3, 0.4) is 0 Å². The maximum atomic E-state index is 5.07. The Morgan fingerprint density at radius 2 is 1.46 bits per heavy atom. The van der Waals surface area contributed by atoms with Gasteiger partial charge in [0.15, 0.2) is 0 Å². The molecule has 0 aliphatic heterocycles. The average molecular weight is 178 g/mol. The summed E-state index contributed by atoms with van der Waals surface area (Å²) in [6.45, 7) is 0. The minimum atomic E-state index is 0.0705. The van der Waals surface area contributed by atoms with Gasteiger partial charge in [0.2, 0.25) is 0 Å². The molecule has 2 heterocycles. The second-order valence-electron chi connectivity index (χ2n) is 2.27. The summed E-state index contributed by atoms with van der Waals surface area (Å²) in [5, 5.41) is 0. The first kappa shape index (κ1) is 7.85. The van der Waals surface area contributed by atoms with E-state index in [9.17, 15) is 0 Å². The third-order valence-electron chi connectivity index (χ3n) is 1.39. The average Bonchev–Trinajstić information content (AvgIpc) is 2.75. The van der Waals surface area contributed by atoms with Crippen LogP contribution in [0.25, 0.3) is 0 Å². The molecule has 0 aromatic carbocycles. The highest BCUT2D eigenvalue weighted by Gasteiger charge is 2.01. The van der Waals surface area contributed by atoms with Gasteiger partial charge in [-0.25, -0.2) is 0 Å². The number of hydrogen-bond acceptors (Lipinski definition) is 4. The molecule has 0 unspecified atom stereocenters.